The molecule has 0 aliphatic carbocycles. The van der Waals surface area contributed by atoms with Crippen LogP contribution in [0.3, 0.4) is 0 Å². The predicted octanol–water partition coefficient (Wildman–Crippen LogP) is 2.66. The number of rotatable bonds is 6. The molecule has 1 saturated heterocycles. The Morgan fingerprint density at radius 1 is 1.14 bits per heavy atom. The van der Waals surface area contributed by atoms with E-state index in [1.54, 1.807) is 31.5 Å². The van der Waals surface area contributed by atoms with Crippen LogP contribution in [0.1, 0.15) is 36.7 Å². The number of carbonyl (C=O) groups is 1. The maximum absolute atomic E-state index is 16.6. The molecule has 0 N–H and O–H groups in total. The zero-order valence-corrected chi connectivity index (χ0v) is 26.2. The van der Waals surface area contributed by atoms with E-state index in [4.69, 9.17) is 28.2 Å². The van der Waals surface area contributed by atoms with Gasteiger partial charge in [0.1, 0.15) is 15.7 Å². The molecule has 0 saturated carbocycles. The molecule has 4 aromatic heterocycles. The molecule has 0 unspecified atom stereocenters. The van der Waals surface area contributed by atoms with E-state index in [-0.39, 0.29) is 40.9 Å². The summed E-state index contributed by atoms with van der Waals surface area (Å²) in [6.07, 6.45) is 4.31. The summed E-state index contributed by atoms with van der Waals surface area (Å²) in [5, 5.41) is -1.14. The summed E-state index contributed by atoms with van der Waals surface area (Å²) < 4.78 is 18.9. The fourth-order valence-corrected chi connectivity index (χ4v) is 6.04. The summed E-state index contributed by atoms with van der Waals surface area (Å²) in [6, 6.07) is 4.90. The lowest BCUT2D eigenvalue weighted by Crippen LogP contribution is -2.74. The van der Waals surface area contributed by atoms with Gasteiger partial charge >= 0.3 is 11.1 Å². The van der Waals surface area contributed by atoms with E-state index in [0.29, 0.717) is 33.2 Å². The SMILES string of the molecule is BC(B)(n1c(=O)c(=O)n(-c2c(C)ccnc2C(C)C)c2nc(-c3ccnc(C)c3Cl)c(Cl)cc21)C1(F)CN(C(=O)C=C)C1. The minimum Gasteiger partial charge on any atom is -0.333 e. The molecule has 0 bridgehead atoms. The second-order valence-corrected chi connectivity index (χ2v) is 12.4. The molecular weight excluding hydrogens is 592 g/mol. The summed E-state index contributed by atoms with van der Waals surface area (Å²) >= 11 is 13.4. The van der Waals surface area contributed by atoms with Crippen LogP contribution in [0.2, 0.25) is 10.0 Å². The van der Waals surface area contributed by atoms with E-state index in [2.05, 4.69) is 16.5 Å². The minimum absolute atomic E-state index is 0.0718. The number of hydrogen-bond acceptors (Lipinski definition) is 6. The highest BCUT2D eigenvalue weighted by molar-refractivity contribution is 6.39. The second-order valence-electron chi connectivity index (χ2n) is 11.6. The number of carbonyl (C=O) groups excluding carboxylic acids is 1. The fraction of sp³-hybridized carbons (Fsp3) is 0.310. The number of fused-ring (bicyclic) bond motifs is 1. The number of halogens is 3. The predicted molar refractivity (Wildman–Crippen MR) is 172 cm³/mol. The zero-order valence-electron chi connectivity index (χ0n) is 24.7. The number of pyridine rings is 3. The van der Waals surface area contributed by atoms with Gasteiger partial charge in [0, 0.05) is 23.3 Å². The lowest BCUT2D eigenvalue weighted by atomic mass is 9.51. The molecule has 1 aliphatic heterocycles. The molecule has 0 aromatic carbocycles. The molecule has 4 aromatic rings. The van der Waals surface area contributed by atoms with Gasteiger partial charge in [-0.3, -0.25) is 28.9 Å². The molecule has 43 heavy (non-hydrogen) atoms. The van der Waals surface area contributed by atoms with Gasteiger partial charge in [0.05, 0.1) is 51.4 Å². The number of alkyl halides is 1. The van der Waals surface area contributed by atoms with Gasteiger partial charge in [0.2, 0.25) is 5.91 Å². The first-order valence-corrected chi connectivity index (χ1v) is 14.5. The van der Waals surface area contributed by atoms with E-state index in [9.17, 15) is 14.4 Å². The van der Waals surface area contributed by atoms with E-state index >= 15 is 4.39 Å². The Balaban J connectivity index is 1.92. The number of amides is 1. The van der Waals surface area contributed by atoms with Crippen molar-refractivity contribution in [3.63, 3.8) is 0 Å². The first kappa shape index (κ1) is 30.7. The highest BCUT2D eigenvalue weighted by atomic mass is 35.5. The highest BCUT2D eigenvalue weighted by Crippen LogP contribution is 2.40. The summed E-state index contributed by atoms with van der Waals surface area (Å²) in [6.45, 7) is 10.3. The molecule has 0 atom stereocenters. The molecule has 0 spiro atoms. The van der Waals surface area contributed by atoms with Crippen molar-refractivity contribution in [2.45, 2.75) is 44.6 Å². The molecule has 9 nitrogen and oxygen atoms in total. The first-order valence-electron chi connectivity index (χ1n) is 13.7. The van der Waals surface area contributed by atoms with Crippen LogP contribution in [0.15, 0.2) is 52.8 Å². The van der Waals surface area contributed by atoms with Crippen molar-refractivity contribution >= 4 is 56.0 Å². The Kier molecular flexibility index (Phi) is 7.67. The van der Waals surface area contributed by atoms with E-state index in [1.165, 1.54) is 31.2 Å². The van der Waals surface area contributed by atoms with Crippen LogP contribution in [0.25, 0.3) is 28.1 Å². The Bertz CT molecular complexity index is 1950. The third kappa shape index (κ3) is 4.71. The van der Waals surface area contributed by atoms with Crippen LogP contribution >= 0.6 is 23.2 Å². The highest BCUT2D eigenvalue weighted by Gasteiger charge is 2.57. The number of aryl methyl sites for hydroxylation is 2. The average Bonchev–Trinajstić information content (AvgIpc) is 2.93. The van der Waals surface area contributed by atoms with Gasteiger partial charge < -0.3 is 9.47 Å². The zero-order chi connectivity index (χ0) is 31.6. The van der Waals surface area contributed by atoms with Crippen molar-refractivity contribution in [2.24, 2.45) is 0 Å². The Morgan fingerprint density at radius 2 is 1.79 bits per heavy atom. The lowest BCUT2D eigenvalue weighted by Gasteiger charge is -2.53. The van der Waals surface area contributed by atoms with Gasteiger partial charge in [-0.1, -0.05) is 43.6 Å². The third-order valence-corrected chi connectivity index (χ3v) is 9.01. The molecule has 0 radical (unpaired) electrons. The van der Waals surface area contributed by atoms with Crippen LogP contribution in [0.5, 0.6) is 0 Å². The normalized spacial score (nSPS) is 14.7. The summed E-state index contributed by atoms with van der Waals surface area (Å²) in [4.78, 5) is 55.3. The smallest absolute Gasteiger partial charge is 0.322 e. The minimum atomic E-state index is -2.05. The van der Waals surface area contributed by atoms with Gasteiger partial charge in [0.15, 0.2) is 11.3 Å². The molecular formula is C29H29B2Cl2FN6O3. The quantitative estimate of drug-likeness (QED) is 0.187. The van der Waals surface area contributed by atoms with Crippen molar-refractivity contribution in [3.05, 3.63) is 91.0 Å². The van der Waals surface area contributed by atoms with Crippen LogP contribution in [-0.4, -0.2) is 69.3 Å². The largest absolute Gasteiger partial charge is 0.333 e. The molecule has 1 aliphatic rings. The molecule has 5 rings (SSSR count). The molecule has 5 heterocycles. The second kappa shape index (κ2) is 10.7. The van der Waals surface area contributed by atoms with Gasteiger partial charge in [-0.05, 0) is 49.6 Å². The van der Waals surface area contributed by atoms with Crippen molar-refractivity contribution < 1.29 is 9.18 Å². The summed E-state index contributed by atoms with van der Waals surface area (Å²) in [5.74, 6) is -0.541. The van der Waals surface area contributed by atoms with Crippen LogP contribution in [0, 0.1) is 13.8 Å². The van der Waals surface area contributed by atoms with Crippen molar-refractivity contribution in [3.8, 4) is 16.9 Å². The number of hydrogen-bond donors (Lipinski definition) is 0. The lowest BCUT2D eigenvalue weighted by molar-refractivity contribution is -0.143. The van der Waals surface area contributed by atoms with Gasteiger partial charge in [-0.15, -0.1) is 0 Å². The molecule has 14 heteroatoms. The van der Waals surface area contributed by atoms with E-state index in [0.717, 1.165) is 10.6 Å². The van der Waals surface area contributed by atoms with E-state index < -0.39 is 28.0 Å². The topological polar surface area (TPSA) is 103 Å². The van der Waals surface area contributed by atoms with Crippen LogP contribution < -0.4 is 11.1 Å². The molecule has 1 amide bonds. The Morgan fingerprint density at radius 3 is 2.42 bits per heavy atom. The standard InChI is InChI=1S/C29H29B2Cl2FN6O3/c1-6-20(41)38-12-28(34,13-38)29(30,31)40-19-11-18(32)23(17-8-10-35-16(5)21(17)33)37-25(19)39(26(42)27(40)43)24-15(4)7-9-36-22(24)14(2)3/h6-11,14H,1,12-13,30-31H2,2-5H3. The van der Waals surface area contributed by atoms with Gasteiger partial charge in [-0.25, -0.2) is 9.37 Å². The summed E-state index contributed by atoms with van der Waals surface area (Å²) in [5.41, 5.74) is -0.783. The Labute approximate surface area is 259 Å². The van der Waals surface area contributed by atoms with Crippen LogP contribution in [-0.2, 0) is 10.1 Å². The van der Waals surface area contributed by atoms with Gasteiger partial charge in [0.25, 0.3) is 0 Å². The maximum Gasteiger partial charge on any atom is 0.322 e. The van der Waals surface area contributed by atoms with Crippen molar-refractivity contribution in [1.82, 2.24) is 29.0 Å². The van der Waals surface area contributed by atoms with Crippen molar-refractivity contribution in [1.29, 1.82) is 0 Å². The van der Waals surface area contributed by atoms with Gasteiger partial charge in [-0.2, -0.15) is 0 Å². The molecule has 1 fully saturated rings. The third-order valence-electron chi connectivity index (χ3n) is 8.25. The van der Waals surface area contributed by atoms with Crippen LogP contribution in [0.4, 0.5) is 4.39 Å². The summed E-state index contributed by atoms with van der Waals surface area (Å²) in [7, 11) is 3.04. The van der Waals surface area contributed by atoms with E-state index in [1.807, 2.05) is 20.8 Å². The Hall–Kier alpha value is -3.76. The first-order chi connectivity index (χ1) is 20.1. The fourth-order valence-electron chi connectivity index (χ4n) is 5.59. The monoisotopic (exact) mass is 620 g/mol. The average molecular weight is 621 g/mol. The number of nitrogens with zero attached hydrogens (tertiary/aromatic N) is 6. The number of likely N-dealkylation sites (tertiary alicyclic amines) is 1. The number of aromatic nitrogens is 5. The maximum atomic E-state index is 16.6. The molecule has 220 valence electrons. The van der Waals surface area contributed by atoms with Crippen molar-refractivity contribution in [2.75, 3.05) is 13.1 Å².